The first-order valence-corrected chi connectivity index (χ1v) is 8.08. The molecule has 0 aromatic carbocycles. The summed E-state index contributed by atoms with van der Waals surface area (Å²) in [5.41, 5.74) is 0.405. The van der Waals surface area contributed by atoms with Crippen molar-refractivity contribution in [3.63, 3.8) is 0 Å². The van der Waals surface area contributed by atoms with Crippen LogP contribution in [-0.2, 0) is 14.8 Å². The van der Waals surface area contributed by atoms with Gasteiger partial charge in [0, 0.05) is 13.7 Å². The van der Waals surface area contributed by atoms with Crippen LogP contribution >= 0.6 is 11.3 Å². The summed E-state index contributed by atoms with van der Waals surface area (Å²) in [7, 11) is -2.31. The quantitative estimate of drug-likeness (QED) is 0.639. The zero-order chi connectivity index (χ0) is 15.3. The Bertz CT molecular complexity index is 565. The number of rotatable bonds is 8. The van der Waals surface area contributed by atoms with E-state index in [0.717, 1.165) is 0 Å². The van der Waals surface area contributed by atoms with Crippen molar-refractivity contribution in [3.05, 3.63) is 16.5 Å². The normalized spacial score (nSPS) is 13.3. The number of hydrogen-bond donors (Lipinski definition) is 3. The minimum atomic E-state index is -3.75. The molecule has 7 nitrogen and oxygen atoms in total. The van der Waals surface area contributed by atoms with E-state index >= 15 is 0 Å². The maximum Gasteiger partial charge on any atom is 0.346 e. The fourth-order valence-corrected chi connectivity index (χ4v) is 3.97. The summed E-state index contributed by atoms with van der Waals surface area (Å²) in [5.74, 6) is -1.15. The predicted molar refractivity (Wildman–Crippen MR) is 73.7 cm³/mol. The van der Waals surface area contributed by atoms with Crippen molar-refractivity contribution < 1.29 is 28.2 Å². The van der Waals surface area contributed by atoms with Gasteiger partial charge in [0.15, 0.2) is 0 Å². The molecule has 0 aliphatic heterocycles. The number of nitrogens with one attached hydrogen (secondary N) is 1. The second-order valence-corrected chi connectivity index (χ2v) is 7.22. The molecule has 1 heterocycles. The Morgan fingerprint density at radius 3 is 2.70 bits per heavy atom. The molecule has 0 aliphatic rings. The standard InChI is InChI=1S/C11H17NO6S2/c1-7-5-9(19-10(7)11(14)15)20(16,17)12-4-3-8(13)6-18-2/h5,8,12-13H,3-4,6H2,1-2H3,(H,14,15). The molecule has 0 spiro atoms. The Balaban J connectivity index is 2.70. The largest absolute Gasteiger partial charge is 0.477 e. The van der Waals surface area contributed by atoms with Gasteiger partial charge in [-0.15, -0.1) is 11.3 Å². The zero-order valence-electron chi connectivity index (χ0n) is 11.1. The topological polar surface area (TPSA) is 113 Å². The van der Waals surface area contributed by atoms with Crippen LogP contribution in [0.1, 0.15) is 21.7 Å². The van der Waals surface area contributed by atoms with Gasteiger partial charge in [0.1, 0.15) is 9.09 Å². The third kappa shape index (κ3) is 4.53. The maximum absolute atomic E-state index is 12.0. The van der Waals surface area contributed by atoms with Gasteiger partial charge in [-0.25, -0.2) is 17.9 Å². The first-order chi connectivity index (χ1) is 9.27. The van der Waals surface area contributed by atoms with Gasteiger partial charge in [0.2, 0.25) is 10.0 Å². The number of carbonyl (C=O) groups is 1. The van der Waals surface area contributed by atoms with E-state index < -0.39 is 22.1 Å². The summed E-state index contributed by atoms with van der Waals surface area (Å²) in [6, 6.07) is 1.32. The molecule has 1 atom stereocenters. The van der Waals surface area contributed by atoms with Crippen LogP contribution in [-0.4, -0.2) is 51.0 Å². The van der Waals surface area contributed by atoms with Crippen molar-refractivity contribution >= 4 is 27.3 Å². The molecule has 114 valence electrons. The van der Waals surface area contributed by atoms with E-state index in [1.54, 1.807) is 6.92 Å². The molecule has 0 fully saturated rings. The van der Waals surface area contributed by atoms with Crippen molar-refractivity contribution in [3.8, 4) is 0 Å². The first kappa shape index (κ1) is 17.1. The number of carboxylic acids is 1. The van der Waals surface area contributed by atoms with E-state index in [9.17, 15) is 18.3 Å². The fourth-order valence-electron chi connectivity index (χ4n) is 1.50. The van der Waals surface area contributed by atoms with Gasteiger partial charge in [-0.3, -0.25) is 0 Å². The van der Waals surface area contributed by atoms with Crippen LogP contribution < -0.4 is 4.72 Å². The molecular weight excluding hydrogens is 306 g/mol. The molecular formula is C11H17NO6S2. The number of hydrogen-bond acceptors (Lipinski definition) is 6. The van der Waals surface area contributed by atoms with E-state index in [0.29, 0.717) is 16.9 Å². The second-order valence-electron chi connectivity index (χ2n) is 4.18. The van der Waals surface area contributed by atoms with E-state index in [2.05, 4.69) is 4.72 Å². The molecule has 0 saturated heterocycles. The molecule has 1 unspecified atom stereocenters. The predicted octanol–water partition coefficient (Wildman–Crippen LogP) is 0.430. The van der Waals surface area contributed by atoms with Crippen LogP contribution in [0.4, 0.5) is 0 Å². The highest BCUT2D eigenvalue weighted by Crippen LogP contribution is 2.25. The molecule has 0 amide bonds. The number of ether oxygens (including phenoxy) is 1. The van der Waals surface area contributed by atoms with Crippen LogP contribution in [0.15, 0.2) is 10.3 Å². The zero-order valence-corrected chi connectivity index (χ0v) is 12.8. The first-order valence-electron chi connectivity index (χ1n) is 5.78. The van der Waals surface area contributed by atoms with Crippen LogP contribution in [0.25, 0.3) is 0 Å². The Kier molecular flexibility index (Phi) is 6.08. The summed E-state index contributed by atoms with van der Waals surface area (Å²) in [6.07, 6.45) is -0.536. The minimum absolute atomic E-state index is 0.00444. The summed E-state index contributed by atoms with van der Waals surface area (Å²) in [4.78, 5) is 10.9. The molecule has 3 N–H and O–H groups in total. The lowest BCUT2D eigenvalue weighted by Gasteiger charge is -2.09. The summed E-state index contributed by atoms with van der Waals surface area (Å²) in [6.45, 7) is 1.72. The van der Waals surface area contributed by atoms with E-state index in [4.69, 9.17) is 9.84 Å². The number of methoxy groups -OCH3 is 1. The molecule has 0 aliphatic carbocycles. The molecule has 0 bridgehead atoms. The van der Waals surface area contributed by atoms with Gasteiger partial charge < -0.3 is 14.9 Å². The second kappa shape index (κ2) is 7.14. The van der Waals surface area contributed by atoms with Gasteiger partial charge in [-0.2, -0.15) is 0 Å². The minimum Gasteiger partial charge on any atom is -0.477 e. The van der Waals surface area contributed by atoms with Crippen molar-refractivity contribution in [2.45, 2.75) is 23.7 Å². The average Bonchev–Trinajstić information content (AvgIpc) is 2.72. The van der Waals surface area contributed by atoms with Crippen LogP contribution in [0.3, 0.4) is 0 Å². The summed E-state index contributed by atoms with van der Waals surface area (Å²) < 4.78 is 30.9. The number of sulfonamides is 1. The molecule has 20 heavy (non-hydrogen) atoms. The van der Waals surface area contributed by atoms with Crippen molar-refractivity contribution in [1.82, 2.24) is 4.72 Å². The van der Waals surface area contributed by atoms with Gasteiger partial charge in [-0.05, 0) is 25.0 Å². The van der Waals surface area contributed by atoms with Crippen molar-refractivity contribution in [1.29, 1.82) is 0 Å². The Morgan fingerprint density at radius 1 is 1.55 bits per heavy atom. The van der Waals surface area contributed by atoms with Crippen LogP contribution in [0.2, 0.25) is 0 Å². The number of carboxylic acid groups (broad SMARTS) is 1. The number of aliphatic hydroxyl groups is 1. The van der Waals surface area contributed by atoms with Gasteiger partial charge in [0.05, 0.1) is 12.7 Å². The van der Waals surface area contributed by atoms with Gasteiger partial charge >= 0.3 is 5.97 Å². The Labute approximate surface area is 121 Å². The van der Waals surface area contributed by atoms with E-state index in [-0.39, 0.29) is 28.7 Å². The molecule has 0 radical (unpaired) electrons. The fraction of sp³-hybridized carbons (Fsp3) is 0.545. The summed E-state index contributed by atoms with van der Waals surface area (Å²) in [5, 5.41) is 18.3. The molecule has 1 aromatic heterocycles. The maximum atomic E-state index is 12.0. The van der Waals surface area contributed by atoms with Crippen molar-refractivity contribution in [2.24, 2.45) is 0 Å². The molecule has 1 aromatic rings. The van der Waals surface area contributed by atoms with Gasteiger partial charge in [-0.1, -0.05) is 0 Å². The average molecular weight is 323 g/mol. The van der Waals surface area contributed by atoms with Crippen LogP contribution in [0.5, 0.6) is 0 Å². The highest BCUT2D eigenvalue weighted by molar-refractivity contribution is 7.91. The number of aryl methyl sites for hydroxylation is 1. The lowest BCUT2D eigenvalue weighted by Crippen LogP contribution is -2.28. The Hall–Kier alpha value is -1.00. The lowest BCUT2D eigenvalue weighted by atomic mass is 10.3. The third-order valence-corrected chi connectivity index (χ3v) is 5.64. The van der Waals surface area contributed by atoms with E-state index in [1.165, 1.54) is 13.2 Å². The number of thiophene rings is 1. The number of aromatic carboxylic acids is 1. The summed E-state index contributed by atoms with van der Waals surface area (Å²) >= 11 is 0.706. The smallest absolute Gasteiger partial charge is 0.346 e. The number of aliphatic hydroxyl groups excluding tert-OH is 1. The van der Waals surface area contributed by atoms with Crippen molar-refractivity contribution in [2.75, 3.05) is 20.3 Å². The SMILES string of the molecule is COCC(O)CCNS(=O)(=O)c1cc(C)c(C(=O)O)s1. The lowest BCUT2D eigenvalue weighted by molar-refractivity contribution is 0.0603. The molecule has 0 saturated carbocycles. The Morgan fingerprint density at radius 2 is 2.20 bits per heavy atom. The molecule has 9 heteroatoms. The highest BCUT2D eigenvalue weighted by atomic mass is 32.2. The molecule has 1 rings (SSSR count). The highest BCUT2D eigenvalue weighted by Gasteiger charge is 2.21. The third-order valence-electron chi connectivity index (χ3n) is 2.48. The van der Waals surface area contributed by atoms with Gasteiger partial charge in [0.25, 0.3) is 0 Å². The van der Waals surface area contributed by atoms with Crippen LogP contribution in [0, 0.1) is 6.92 Å². The monoisotopic (exact) mass is 323 g/mol. The van der Waals surface area contributed by atoms with E-state index in [1.807, 2.05) is 0 Å².